The first-order valence-electron chi connectivity index (χ1n) is 7.91. The minimum Gasteiger partial charge on any atom is -0.355 e. The fourth-order valence-electron chi connectivity index (χ4n) is 2.26. The molecule has 1 heterocycles. The van der Waals surface area contributed by atoms with Crippen LogP contribution < -0.4 is 15.4 Å². The number of aromatic nitrogens is 2. The van der Waals surface area contributed by atoms with Crippen LogP contribution in [0.4, 0.5) is 0 Å². The molecule has 2 rings (SSSR count). The number of sulfonamides is 1. The van der Waals surface area contributed by atoms with Crippen molar-refractivity contribution < 1.29 is 8.42 Å². The van der Waals surface area contributed by atoms with E-state index in [0.29, 0.717) is 19.0 Å². The molecule has 2 aromatic rings. The van der Waals surface area contributed by atoms with Crippen LogP contribution in [0, 0.1) is 0 Å². The summed E-state index contributed by atoms with van der Waals surface area (Å²) >= 11 is 0. The van der Waals surface area contributed by atoms with Gasteiger partial charge in [-0.05, 0) is 30.7 Å². The Balaban J connectivity index is 0.00000338. The molecule has 144 valence electrons. The fourth-order valence-corrected chi connectivity index (χ4v) is 2.73. The monoisotopic (exact) mass is 492 g/mol. The Morgan fingerprint density at radius 1 is 1.31 bits per heavy atom. The zero-order valence-corrected chi connectivity index (χ0v) is 18.2. The first kappa shape index (κ1) is 22.4. The van der Waals surface area contributed by atoms with Crippen molar-refractivity contribution >= 4 is 40.0 Å². The van der Waals surface area contributed by atoms with Crippen LogP contribution >= 0.6 is 24.0 Å². The molecule has 0 aliphatic carbocycles. The maximum Gasteiger partial charge on any atom is 0.208 e. The maximum absolute atomic E-state index is 11.0. The third-order valence-corrected chi connectivity index (χ3v) is 4.23. The molecule has 0 bridgehead atoms. The van der Waals surface area contributed by atoms with Gasteiger partial charge in [0, 0.05) is 32.5 Å². The van der Waals surface area contributed by atoms with Crippen molar-refractivity contribution in [3.8, 4) is 5.69 Å². The molecule has 0 fully saturated rings. The van der Waals surface area contributed by atoms with Crippen molar-refractivity contribution in [1.29, 1.82) is 0 Å². The summed E-state index contributed by atoms with van der Waals surface area (Å²) in [6.45, 7) is 2.76. The first-order valence-corrected chi connectivity index (χ1v) is 9.80. The Morgan fingerprint density at radius 2 is 2.08 bits per heavy atom. The van der Waals surface area contributed by atoms with Gasteiger partial charge in [-0.3, -0.25) is 4.99 Å². The van der Waals surface area contributed by atoms with Gasteiger partial charge in [0.1, 0.15) is 0 Å². The summed E-state index contributed by atoms with van der Waals surface area (Å²) in [6, 6.07) is 9.96. The van der Waals surface area contributed by atoms with E-state index in [1.54, 1.807) is 17.9 Å². The lowest BCUT2D eigenvalue weighted by atomic mass is 10.1. The summed E-state index contributed by atoms with van der Waals surface area (Å²) in [7, 11) is -1.51. The second-order valence-electron chi connectivity index (χ2n) is 5.58. The van der Waals surface area contributed by atoms with E-state index in [1.165, 1.54) is 0 Å². The van der Waals surface area contributed by atoms with Gasteiger partial charge in [-0.2, -0.15) is 5.10 Å². The van der Waals surface area contributed by atoms with E-state index in [0.717, 1.165) is 17.5 Å². The van der Waals surface area contributed by atoms with Crippen molar-refractivity contribution in [2.45, 2.75) is 13.0 Å². The molecule has 0 spiro atoms. The number of hydrogen-bond acceptors (Lipinski definition) is 4. The van der Waals surface area contributed by atoms with E-state index < -0.39 is 10.0 Å². The zero-order chi connectivity index (χ0) is 18.3. The lowest BCUT2D eigenvalue weighted by molar-refractivity contribution is 0.586. The molecule has 0 aliphatic rings. The van der Waals surface area contributed by atoms with E-state index in [4.69, 9.17) is 0 Å². The molecule has 0 saturated heterocycles. The van der Waals surface area contributed by atoms with Gasteiger partial charge in [-0.15, -0.1) is 24.0 Å². The number of hydrogen-bond donors (Lipinski definition) is 3. The molecule has 8 nitrogen and oxygen atoms in total. The Bertz CT molecular complexity index is 808. The quantitative estimate of drug-likeness (QED) is 0.234. The zero-order valence-electron chi connectivity index (χ0n) is 15.0. The molecule has 1 aromatic carbocycles. The molecule has 0 radical (unpaired) electrons. The van der Waals surface area contributed by atoms with Crippen LogP contribution in [-0.2, 0) is 10.0 Å². The predicted molar refractivity (Wildman–Crippen MR) is 115 cm³/mol. The van der Waals surface area contributed by atoms with Gasteiger partial charge in [0.2, 0.25) is 10.0 Å². The summed E-state index contributed by atoms with van der Waals surface area (Å²) in [4.78, 5) is 4.16. The number of guanidine groups is 1. The normalized spacial score (nSPS) is 13.0. The number of nitrogens with one attached hydrogen (secondary N) is 3. The van der Waals surface area contributed by atoms with Gasteiger partial charge >= 0.3 is 0 Å². The Labute approximate surface area is 171 Å². The highest BCUT2D eigenvalue weighted by Gasteiger charge is 2.09. The number of rotatable bonds is 7. The van der Waals surface area contributed by atoms with Gasteiger partial charge < -0.3 is 10.6 Å². The second-order valence-corrected chi connectivity index (χ2v) is 7.41. The van der Waals surface area contributed by atoms with Gasteiger partial charge in [0.25, 0.3) is 0 Å². The van der Waals surface area contributed by atoms with E-state index in [9.17, 15) is 8.42 Å². The lowest BCUT2D eigenvalue weighted by Gasteiger charge is -2.19. The van der Waals surface area contributed by atoms with Crippen LogP contribution in [0.3, 0.4) is 0 Å². The Kier molecular flexibility index (Phi) is 9.02. The van der Waals surface area contributed by atoms with E-state index >= 15 is 0 Å². The average molecular weight is 492 g/mol. The molecule has 1 aromatic heterocycles. The summed E-state index contributed by atoms with van der Waals surface area (Å²) in [6.07, 6.45) is 4.77. The average Bonchev–Trinajstić information content (AvgIpc) is 3.11. The predicted octanol–water partition coefficient (Wildman–Crippen LogP) is 1.27. The summed E-state index contributed by atoms with van der Waals surface area (Å²) in [5.41, 5.74) is 2.07. The standard InChI is InChI=1S/C16H24N6O2S.HI/c1-13(21-16(17-2)18-9-10-20-25(3,23)24)14-6-4-7-15(12-14)22-11-5-8-19-22;/h4-8,11-13,20H,9-10H2,1-3H3,(H2,17,18,21);1H. The topological polar surface area (TPSA) is 100 Å². The SMILES string of the molecule is CN=C(NCCNS(C)(=O)=O)NC(C)c1cccc(-n2cccn2)c1.I. The van der Waals surface area contributed by atoms with Gasteiger partial charge in [0.05, 0.1) is 18.0 Å². The number of halogens is 1. The summed E-state index contributed by atoms with van der Waals surface area (Å²) in [5, 5.41) is 10.6. The van der Waals surface area contributed by atoms with Crippen molar-refractivity contribution in [3.05, 3.63) is 48.3 Å². The highest BCUT2D eigenvalue weighted by atomic mass is 127. The Morgan fingerprint density at radius 3 is 2.69 bits per heavy atom. The highest BCUT2D eigenvalue weighted by molar-refractivity contribution is 14.0. The van der Waals surface area contributed by atoms with Gasteiger partial charge in [0.15, 0.2) is 5.96 Å². The third-order valence-electron chi connectivity index (χ3n) is 3.50. The van der Waals surface area contributed by atoms with E-state index in [-0.39, 0.29) is 30.0 Å². The van der Waals surface area contributed by atoms with Crippen LogP contribution in [-0.4, -0.2) is 50.6 Å². The van der Waals surface area contributed by atoms with Crippen LogP contribution in [0.25, 0.3) is 5.69 Å². The van der Waals surface area contributed by atoms with E-state index in [1.807, 2.05) is 37.4 Å². The molecule has 0 aliphatic heterocycles. The summed E-state index contributed by atoms with van der Waals surface area (Å²) < 4.78 is 26.3. The van der Waals surface area contributed by atoms with Gasteiger partial charge in [-0.1, -0.05) is 12.1 Å². The second kappa shape index (κ2) is 10.5. The van der Waals surface area contributed by atoms with Gasteiger partial charge in [-0.25, -0.2) is 17.8 Å². The number of nitrogens with zero attached hydrogens (tertiary/aromatic N) is 3. The molecular formula is C16H25IN6O2S. The van der Waals surface area contributed by atoms with E-state index in [2.05, 4.69) is 31.5 Å². The van der Waals surface area contributed by atoms with Crippen molar-refractivity contribution in [2.24, 2.45) is 4.99 Å². The highest BCUT2D eigenvalue weighted by Crippen LogP contribution is 2.16. The molecule has 0 saturated carbocycles. The molecule has 1 atom stereocenters. The number of benzene rings is 1. The molecular weight excluding hydrogens is 467 g/mol. The van der Waals surface area contributed by atoms with Crippen LogP contribution in [0.15, 0.2) is 47.7 Å². The molecule has 26 heavy (non-hydrogen) atoms. The molecule has 10 heteroatoms. The largest absolute Gasteiger partial charge is 0.355 e. The van der Waals surface area contributed by atoms with Crippen LogP contribution in [0.2, 0.25) is 0 Å². The fraction of sp³-hybridized carbons (Fsp3) is 0.375. The first-order chi connectivity index (χ1) is 11.9. The minimum atomic E-state index is -3.18. The van der Waals surface area contributed by atoms with Crippen molar-refractivity contribution in [2.75, 3.05) is 26.4 Å². The smallest absolute Gasteiger partial charge is 0.208 e. The van der Waals surface area contributed by atoms with Crippen molar-refractivity contribution in [3.63, 3.8) is 0 Å². The third kappa shape index (κ3) is 7.30. The Hall–Kier alpha value is -1.66. The maximum atomic E-state index is 11.0. The minimum absolute atomic E-state index is 0. The van der Waals surface area contributed by atoms with Crippen LogP contribution in [0.1, 0.15) is 18.5 Å². The molecule has 1 unspecified atom stereocenters. The lowest BCUT2D eigenvalue weighted by Crippen LogP contribution is -2.42. The molecule has 0 amide bonds. The molecule has 3 N–H and O–H groups in total. The summed E-state index contributed by atoms with van der Waals surface area (Å²) in [5.74, 6) is 0.604. The van der Waals surface area contributed by atoms with Crippen LogP contribution in [0.5, 0.6) is 0 Å². The van der Waals surface area contributed by atoms with Crippen molar-refractivity contribution in [1.82, 2.24) is 25.1 Å². The number of aliphatic imine (C=N–C) groups is 1.